The summed E-state index contributed by atoms with van der Waals surface area (Å²) in [7, 11) is 0.949. The molecular formula is C72H109N17O25. The largest absolute Gasteiger partial charge is 0.481 e. The molecule has 42 heteroatoms. The number of unbranched alkanes of at least 4 members (excludes halogenated alkanes) is 4. The van der Waals surface area contributed by atoms with Crippen LogP contribution in [0.4, 0.5) is 0 Å². The van der Waals surface area contributed by atoms with Gasteiger partial charge in [-0.1, -0.05) is 84.4 Å². The van der Waals surface area contributed by atoms with E-state index in [1.807, 2.05) is 5.32 Å². The fourth-order valence-electron chi connectivity index (χ4n) is 11.7. The molecule has 2 aromatic rings. The predicted molar refractivity (Wildman–Crippen MR) is 401 cm³/mol. The van der Waals surface area contributed by atoms with Crippen LogP contribution in [0.25, 0.3) is 10.9 Å². The lowest BCUT2D eigenvalue weighted by Crippen LogP contribution is -2.62. The van der Waals surface area contributed by atoms with Crippen molar-refractivity contribution < 1.29 is 121 Å². The van der Waals surface area contributed by atoms with E-state index in [4.69, 9.17) is 21.9 Å². The third-order valence-corrected chi connectivity index (χ3v) is 18.6. The standard InChI is InChI=1S/C72H109N17O25/c1-8-36(3)18-12-10-11-13-22-53(92)79-46(28-40-33-76-42-20-15-14-19-41(40)42)67(108)82-44(23-25-56(95)96)65(106)85-48(30-52(75)91)70(111)88-61-39(6)114-72(113)60(37(4)9-2)87-66(107)45(24-26-57(97)98)83-68(109)47(29-51(74)90)80-54(93)34-77-63(104)49(31-58(99)100)86-64(105)43(21-16-17-27-73)81-69(110)50(32-59(101)102)84-62(103)38(5)78-55(94)35-89(7)71(61)112/h14-15,19-20,33,36-39,43-50,60-61,76H,8-13,16-18,21-32,34-35,73H2,1-7H3,(H2,74,90)(H2,75,91)(H,77,104)(H,78,94)(H,79,92)(H,80,93)(H,81,110)(H,82,108)(H,83,109)(H,84,103)(H,85,106)(H,86,105)(H,87,107)(H,88,111)(H,95,96)(H,97,98)(H,99,100)(H,101,102). The normalized spacial score (nSPS) is 21.7. The predicted octanol–water partition coefficient (Wildman–Crippen LogP) is -4.43. The molecule has 1 aliphatic heterocycles. The Morgan fingerprint density at radius 1 is 0.561 bits per heavy atom. The summed E-state index contributed by atoms with van der Waals surface area (Å²) in [6, 6.07) is -14.2. The van der Waals surface area contributed by atoms with Crippen molar-refractivity contribution in [3.8, 4) is 0 Å². The van der Waals surface area contributed by atoms with E-state index in [1.165, 1.54) is 13.8 Å². The molecule has 3 rings (SSSR count). The van der Waals surface area contributed by atoms with Gasteiger partial charge in [0.25, 0.3) is 0 Å². The maximum Gasteiger partial charge on any atom is 0.329 e. The number of aromatic nitrogens is 1. The second-order valence-electron chi connectivity index (χ2n) is 28.0. The summed E-state index contributed by atoms with van der Waals surface area (Å²) < 4.78 is 5.78. The number of carbonyl (C=O) groups is 20. The fraction of sp³-hybridized carbons (Fsp3) is 0.611. The van der Waals surface area contributed by atoms with Gasteiger partial charge in [-0.2, -0.15) is 0 Å². The fourth-order valence-corrected chi connectivity index (χ4v) is 11.7. The molecule has 1 aliphatic rings. The van der Waals surface area contributed by atoms with Crippen LogP contribution in [0, 0.1) is 11.8 Å². The number of amides is 15. The Balaban J connectivity index is 2.23. The molecule has 1 aromatic carbocycles. The molecule has 1 saturated heterocycles. The summed E-state index contributed by atoms with van der Waals surface area (Å²) >= 11 is 0. The summed E-state index contributed by atoms with van der Waals surface area (Å²) in [5.41, 5.74) is 17.9. The van der Waals surface area contributed by atoms with Crippen LogP contribution in [0.15, 0.2) is 30.5 Å². The average molecular weight is 1610 g/mol. The van der Waals surface area contributed by atoms with Crippen molar-refractivity contribution in [2.24, 2.45) is 29.0 Å². The summed E-state index contributed by atoms with van der Waals surface area (Å²) in [6.07, 6.45) is -3.32. The number of likely N-dealkylation sites (N-methyl/N-ethyl adjacent to an activating group) is 1. The van der Waals surface area contributed by atoms with Crippen molar-refractivity contribution in [1.82, 2.24) is 73.7 Å². The minimum Gasteiger partial charge on any atom is -0.481 e. The van der Waals surface area contributed by atoms with Gasteiger partial charge in [0.2, 0.25) is 88.6 Å². The molecule has 0 spiro atoms. The van der Waals surface area contributed by atoms with Gasteiger partial charge in [0.05, 0.1) is 38.8 Å². The zero-order chi connectivity index (χ0) is 85.6. The van der Waals surface area contributed by atoms with Gasteiger partial charge in [0.15, 0.2) is 0 Å². The number of para-hydroxylation sites is 1. The van der Waals surface area contributed by atoms with Crippen molar-refractivity contribution in [3.05, 3.63) is 36.0 Å². The summed E-state index contributed by atoms with van der Waals surface area (Å²) in [5, 5.41) is 66.9. The number of rotatable bonds is 37. The number of nitrogens with one attached hydrogen (secondary N) is 13. The molecule has 0 saturated carbocycles. The van der Waals surface area contributed by atoms with E-state index < -0.39 is 261 Å². The highest BCUT2D eigenvalue weighted by atomic mass is 16.5. The Kier molecular flexibility index (Phi) is 41.2. The molecule has 42 nitrogen and oxygen atoms in total. The van der Waals surface area contributed by atoms with Gasteiger partial charge in [-0.15, -0.1) is 0 Å². The van der Waals surface area contributed by atoms with Crippen LogP contribution in [-0.4, -0.2) is 248 Å². The van der Waals surface area contributed by atoms with Gasteiger partial charge in [-0.05, 0) is 82.4 Å². The highest BCUT2D eigenvalue weighted by Crippen LogP contribution is 2.21. The number of carboxylic acid groups (broad SMARTS) is 4. The smallest absolute Gasteiger partial charge is 0.329 e. The van der Waals surface area contributed by atoms with Crippen LogP contribution in [-0.2, 0) is 107 Å². The Morgan fingerprint density at radius 3 is 1.72 bits per heavy atom. The lowest BCUT2D eigenvalue weighted by molar-refractivity contribution is -0.159. The number of benzene rings is 1. The monoisotopic (exact) mass is 1610 g/mol. The van der Waals surface area contributed by atoms with Gasteiger partial charge in [-0.3, -0.25) is 91.1 Å². The third-order valence-electron chi connectivity index (χ3n) is 18.6. The Bertz CT molecular complexity index is 3780. The van der Waals surface area contributed by atoms with E-state index in [9.17, 15) is 116 Å². The summed E-state index contributed by atoms with van der Waals surface area (Å²) in [5.74, 6) is -27.1. The van der Waals surface area contributed by atoms with Gasteiger partial charge < -0.3 is 116 Å². The van der Waals surface area contributed by atoms with Crippen LogP contribution in [0.3, 0.4) is 0 Å². The van der Waals surface area contributed by atoms with Gasteiger partial charge in [0, 0.05) is 49.8 Å². The summed E-state index contributed by atoms with van der Waals surface area (Å²) in [6.45, 7) is 7.01. The lowest BCUT2D eigenvalue weighted by Gasteiger charge is -2.32. The molecule has 14 unspecified atom stereocenters. The van der Waals surface area contributed by atoms with Crippen LogP contribution in [0.2, 0.25) is 0 Å². The minimum absolute atomic E-state index is 0.00441. The number of carboxylic acids is 4. The van der Waals surface area contributed by atoms with Gasteiger partial charge in [-0.25, -0.2) is 4.79 Å². The number of carbonyl (C=O) groups excluding carboxylic acids is 16. The minimum atomic E-state index is -2.26. The Hall–Kier alpha value is -11.9. The molecule has 0 radical (unpaired) electrons. The molecule has 114 heavy (non-hydrogen) atoms. The zero-order valence-electron chi connectivity index (χ0n) is 64.8. The van der Waals surface area contributed by atoms with Crippen molar-refractivity contribution in [2.75, 3.05) is 26.7 Å². The quantitative estimate of drug-likeness (QED) is 0.0224. The highest BCUT2D eigenvalue weighted by Gasteiger charge is 2.41. The number of nitrogens with zero attached hydrogens (tertiary/aromatic N) is 1. The number of H-pyrrole nitrogens is 1. The van der Waals surface area contributed by atoms with Crippen LogP contribution >= 0.6 is 0 Å². The topological polar surface area (TPSA) is 673 Å². The van der Waals surface area contributed by atoms with E-state index in [2.05, 4.69) is 77.3 Å². The van der Waals surface area contributed by atoms with E-state index in [-0.39, 0.29) is 45.1 Å². The molecule has 14 atom stereocenters. The third kappa shape index (κ3) is 34.4. The number of aliphatic carboxylic acids is 4. The molecule has 23 N–H and O–H groups in total. The number of aromatic amines is 1. The zero-order valence-corrected chi connectivity index (χ0v) is 64.8. The number of esters is 1. The number of fused-ring (bicyclic) bond motifs is 1. The maximum absolute atomic E-state index is 14.9. The maximum atomic E-state index is 14.9. The molecule has 15 amide bonds. The van der Waals surface area contributed by atoms with Crippen LogP contribution in [0.5, 0.6) is 0 Å². The number of nitrogens with two attached hydrogens (primary N) is 3. The second kappa shape index (κ2) is 48.8. The number of ether oxygens (including phenoxy) is 1. The van der Waals surface area contributed by atoms with Crippen molar-refractivity contribution in [1.29, 1.82) is 0 Å². The van der Waals surface area contributed by atoms with Gasteiger partial charge in [0.1, 0.15) is 72.6 Å². The van der Waals surface area contributed by atoms with E-state index >= 15 is 0 Å². The van der Waals surface area contributed by atoms with Gasteiger partial charge >= 0.3 is 29.8 Å². The van der Waals surface area contributed by atoms with E-state index in [1.54, 1.807) is 30.5 Å². The van der Waals surface area contributed by atoms with Crippen molar-refractivity contribution >= 4 is 129 Å². The first-order valence-electron chi connectivity index (χ1n) is 37.4. The van der Waals surface area contributed by atoms with Crippen molar-refractivity contribution in [3.63, 3.8) is 0 Å². The average Bonchev–Trinajstić information content (AvgIpc) is 1.70. The first-order valence-corrected chi connectivity index (χ1v) is 37.4. The van der Waals surface area contributed by atoms with Crippen molar-refractivity contribution in [2.45, 2.75) is 243 Å². The Morgan fingerprint density at radius 2 is 1.12 bits per heavy atom. The SMILES string of the molecule is CCC(C)CCCCCCC(=O)NC(Cc1c[nH]c2ccccc12)C(=O)NC(CCC(=O)O)C(=O)NC(CC(N)=O)C(=O)NC1C(=O)N(C)CC(=O)NC(C)C(=O)NC(CC(=O)O)C(=O)NC(CCCCN)C(=O)NC(CC(=O)O)C(=O)NCC(=O)NC(CC(N)=O)C(=O)NC(CCC(=O)O)C(=O)NC(C(C)CC)C(=O)OC1C. The molecule has 0 aliphatic carbocycles. The first-order chi connectivity index (χ1) is 53.7. The second-order valence-corrected chi connectivity index (χ2v) is 28.0. The molecule has 632 valence electrons. The van der Waals surface area contributed by atoms with E-state index in [0.29, 0.717) is 40.1 Å². The molecule has 1 fully saturated rings. The first kappa shape index (κ1) is 96.3. The number of cyclic esters (lactones) is 1. The lowest BCUT2D eigenvalue weighted by atomic mass is 9.98. The summed E-state index contributed by atoms with van der Waals surface area (Å²) in [4.78, 5) is 276. The van der Waals surface area contributed by atoms with Crippen LogP contribution < -0.4 is 81.0 Å². The highest BCUT2D eigenvalue weighted by molar-refractivity contribution is 6.02. The van der Waals surface area contributed by atoms with Crippen LogP contribution in [0.1, 0.15) is 169 Å². The Labute approximate surface area is 656 Å². The number of hydrogen-bond acceptors (Lipinski definition) is 22. The molecule has 0 bridgehead atoms. The number of primary amides is 2. The molecule has 1 aromatic heterocycles. The molecule has 2 heterocycles. The van der Waals surface area contributed by atoms with E-state index in [0.717, 1.165) is 46.6 Å². The number of hydrogen-bond donors (Lipinski definition) is 20. The molecular weight excluding hydrogens is 1500 g/mol.